The topological polar surface area (TPSA) is 54.0 Å². The molecule has 0 aliphatic carbocycles. The maximum atomic E-state index is 10.4. The number of benzene rings is 1. The second-order valence-electron chi connectivity index (χ2n) is 3.93. The van der Waals surface area contributed by atoms with Crippen molar-refractivity contribution in [2.75, 3.05) is 27.6 Å². The van der Waals surface area contributed by atoms with Gasteiger partial charge >= 0.3 is 0 Å². The van der Waals surface area contributed by atoms with Crippen molar-refractivity contribution in [2.24, 2.45) is 0 Å². The molecule has 0 spiro atoms. The molecule has 106 valence electrons. The molecule has 0 heterocycles. The fourth-order valence-electron chi connectivity index (χ4n) is 1.49. The van der Waals surface area contributed by atoms with Gasteiger partial charge in [-0.05, 0) is 30.7 Å². The molecule has 5 nitrogen and oxygen atoms in total. The average Bonchev–Trinajstić information content (AvgIpc) is 2.47. The Morgan fingerprint density at radius 2 is 1.84 bits per heavy atom. The van der Waals surface area contributed by atoms with Crippen molar-refractivity contribution in [2.45, 2.75) is 18.9 Å². The molecule has 1 aromatic carbocycles. The monoisotopic (exact) mass is 268 g/mol. The van der Waals surface area contributed by atoms with Crippen LogP contribution in [0.3, 0.4) is 0 Å². The lowest BCUT2D eigenvalue weighted by atomic mass is 10.2. The van der Waals surface area contributed by atoms with Gasteiger partial charge in [0.15, 0.2) is 0 Å². The fourth-order valence-corrected chi connectivity index (χ4v) is 1.49. The van der Waals surface area contributed by atoms with Crippen molar-refractivity contribution in [1.29, 1.82) is 0 Å². The van der Waals surface area contributed by atoms with Gasteiger partial charge < -0.3 is 23.7 Å². The lowest BCUT2D eigenvalue weighted by Crippen LogP contribution is -2.23. The van der Waals surface area contributed by atoms with Crippen LogP contribution in [0.15, 0.2) is 24.3 Å². The summed E-state index contributed by atoms with van der Waals surface area (Å²) in [6.45, 7) is 0.568. The minimum atomic E-state index is -0.160. The summed E-state index contributed by atoms with van der Waals surface area (Å²) in [5.74, 6) is 1.51. The lowest BCUT2D eigenvalue weighted by Gasteiger charge is -2.17. The van der Waals surface area contributed by atoms with Crippen LogP contribution in [0.5, 0.6) is 11.5 Å². The summed E-state index contributed by atoms with van der Waals surface area (Å²) in [6, 6.07) is 7.30. The molecule has 0 amide bonds. The second kappa shape index (κ2) is 9.35. The highest BCUT2D eigenvalue weighted by Gasteiger charge is 2.10. The van der Waals surface area contributed by atoms with Crippen LogP contribution in [0.2, 0.25) is 0 Å². The fraction of sp³-hybridized carbons (Fsp3) is 0.500. The SMILES string of the molecule is COCO[C@H](CCC=O)COc1ccc(OC)cc1. The third-order valence-corrected chi connectivity index (χ3v) is 2.52. The number of aldehydes is 1. The quantitative estimate of drug-likeness (QED) is 0.480. The van der Waals surface area contributed by atoms with Gasteiger partial charge in [-0.3, -0.25) is 0 Å². The molecule has 0 saturated heterocycles. The molecular weight excluding hydrogens is 248 g/mol. The molecule has 0 aliphatic heterocycles. The highest BCUT2D eigenvalue weighted by Crippen LogP contribution is 2.17. The Balaban J connectivity index is 2.41. The van der Waals surface area contributed by atoms with Crippen LogP contribution in [0.1, 0.15) is 12.8 Å². The first-order chi connectivity index (χ1) is 9.30. The minimum absolute atomic E-state index is 0.160. The third kappa shape index (κ3) is 6.22. The van der Waals surface area contributed by atoms with E-state index in [1.165, 1.54) is 0 Å². The van der Waals surface area contributed by atoms with Gasteiger partial charge in [0.25, 0.3) is 0 Å². The molecule has 0 aliphatic rings. The summed E-state index contributed by atoms with van der Waals surface area (Å²) < 4.78 is 21.0. The molecule has 0 saturated carbocycles. The van der Waals surface area contributed by atoms with Crippen LogP contribution < -0.4 is 9.47 Å². The van der Waals surface area contributed by atoms with Gasteiger partial charge in [-0.2, -0.15) is 0 Å². The van der Waals surface area contributed by atoms with Gasteiger partial charge in [0.1, 0.15) is 31.2 Å². The Hall–Kier alpha value is -1.59. The zero-order chi connectivity index (χ0) is 13.9. The normalized spacial score (nSPS) is 11.9. The summed E-state index contributed by atoms with van der Waals surface area (Å²) in [7, 11) is 3.17. The zero-order valence-corrected chi connectivity index (χ0v) is 11.3. The van der Waals surface area contributed by atoms with Gasteiger partial charge in [0, 0.05) is 13.5 Å². The average molecular weight is 268 g/mol. The summed E-state index contributed by atoms with van der Waals surface area (Å²) in [4.78, 5) is 10.4. The molecule has 0 N–H and O–H groups in total. The van der Waals surface area contributed by atoms with Crippen molar-refractivity contribution in [1.82, 2.24) is 0 Å². The largest absolute Gasteiger partial charge is 0.497 e. The van der Waals surface area contributed by atoms with Crippen LogP contribution in [0, 0.1) is 0 Å². The molecule has 1 rings (SSSR count). The standard InChI is InChI=1S/C14H20O5/c1-16-11-19-14(4-3-9-15)10-18-13-7-5-12(17-2)6-8-13/h5-9,14H,3-4,10-11H2,1-2H3/t14-/m1/s1. The summed E-state index contributed by atoms with van der Waals surface area (Å²) in [6.07, 6.45) is 1.77. The Bertz CT molecular complexity index is 349. The zero-order valence-electron chi connectivity index (χ0n) is 11.3. The van der Waals surface area contributed by atoms with E-state index in [1.807, 2.05) is 24.3 Å². The van der Waals surface area contributed by atoms with Crippen molar-refractivity contribution in [3.63, 3.8) is 0 Å². The van der Waals surface area contributed by atoms with Crippen molar-refractivity contribution in [3.05, 3.63) is 24.3 Å². The first-order valence-electron chi connectivity index (χ1n) is 6.11. The number of methoxy groups -OCH3 is 2. The van der Waals surface area contributed by atoms with Crippen LogP contribution in [-0.2, 0) is 14.3 Å². The van der Waals surface area contributed by atoms with Crippen LogP contribution in [0.25, 0.3) is 0 Å². The molecular formula is C14H20O5. The first kappa shape index (κ1) is 15.5. The molecule has 5 heteroatoms. The third-order valence-electron chi connectivity index (χ3n) is 2.52. The number of hydrogen-bond acceptors (Lipinski definition) is 5. The summed E-state index contributed by atoms with van der Waals surface area (Å²) >= 11 is 0. The Kier molecular flexibility index (Phi) is 7.62. The Morgan fingerprint density at radius 1 is 1.16 bits per heavy atom. The predicted octanol–water partition coefficient (Wildman–Crippen LogP) is 2.04. The van der Waals surface area contributed by atoms with E-state index >= 15 is 0 Å². The number of carbonyl (C=O) groups excluding carboxylic acids is 1. The highest BCUT2D eigenvalue weighted by atomic mass is 16.7. The highest BCUT2D eigenvalue weighted by molar-refractivity contribution is 5.49. The predicted molar refractivity (Wildman–Crippen MR) is 70.5 cm³/mol. The molecule has 0 aromatic heterocycles. The number of rotatable bonds is 10. The van der Waals surface area contributed by atoms with Gasteiger partial charge in [-0.1, -0.05) is 0 Å². The molecule has 0 fully saturated rings. The van der Waals surface area contributed by atoms with Gasteiger partial charge in [0.2, 0.25) is 0 Å². The summed E-state index contributed by atoms with van der Waals surface area (Å²) in [5.41, 5.74) is 0. The van der Waals surface area contributed by atoms with E-state index in [1.54, 1.807) is 14.2 Å². The Labute approximate surface area is 113 Å². The molecule has 1 atom stereocenters. The minimum Gasteiger partial charge on any atom is -0.497 e. The van der Waals surface area contributed by atoms with Crippen LogP contribution in [-0.4, -0.2) is 40.0 Å². The lowest BCUT2D eigenvalue weighted by molar-refractivity contribution is -0.111. The van der Waals surface area contributed by atoms with Crippen molar-refractivity contribution in [3.8, 4) is 11.5 Å². The number of ether oxygens (including phenoxy) is 4. The maximum Gasteiger partial charge on any atom is 0.146 e. The Morgan fingerprint density at radius 3 is 2.42 bits per heavy atom. The van der Waals surface area contributed by atoms with Crippen LogP contribution >= 0.6 is 0 Å². The second-order valence-corrected chi connectivity index (χ2v) is 3.93. The molecule has 1 aromatic rings. The van der Waals surface area contributed by atoms with E-state index in [2.05, 4.69) is 0 Å². The summed E-state index contributed by atoms with van der Waals surface area (Å²) in [5, 5.41) is 0. The van der Waals surface area contributed by atoms with Crippen molar-refractivity contribution >= 4 is 6.29 Å². The van der Waals surface area contributed by atoms with E-state index in [4.69, 9.17) is 18.9 Å². The van der Waals surface area contributed by atoms with Crippen molar-refractivity contribution < 1.29 is 23.7 Å². The van der Waals surface area contributed by atoms with E-state index in [0.717, 1.165) is 17.8 Å². The molecule has 0 unspecified atom stereocenters. The molecule has 19 heavy (non-hydrogen) atoms. The van der Waals surface area contributed by atoms with E-state index in [-0.39, 0.29) is 12.9 Å². The van der Waals surface area contributed by atoms with E-state index in [0.29, 0.717) is 19.4 Å². The first-order valence-corrected chi connectivity index (χ1v) is 6.11. The van der Waals surface area contributed by atoms with E-state index < -0.39 is 0 Å². The number of carbonyl (C=O) groups is 1. The molecule has 0 radical (unpaired) electrons. The number of hydrogen-bond donors (Lipinski definition) is 0. The van der Waals surface area contributed by atoms with E-state index in [9.17, 15) is 4.79 Å². The van der Waals surface area contributed by atoms with Crippen LogP contribution in [0.4, 0.5) is 0 Å². The molecule has 0 bridgehead atoms. The maximum absolute atomic E-state index is 10.4. The van der Waals surface area contributed by atoms with Gasteiger partial charge in [-0.25, -0.2) is 0 Å². The van der Waals surface area contributed by atoms with Gasteiger partial charge in [-0.15, -0.1) is 0 Å². The van der Waals surface area contributed by atoms with Gasteiger partial charge in [0.05, 0.1) is 13.2 Å². The smallest absolute Gasteiger partial charge is 0.146 e.